The third-order valence-corrected chi connectivity index (χ3v) is 4.04. The molecule has 0 saturated heterocycles. The van der Waals surface area contributed by atoms with Crippen molar-refractivity contribution >= 4 is 33.1 Å². The largest absolute Gasteiger partial charge is 0.389 e. The third-order valence-electron chi connectivity index (χ3n) is 2.39. The van der Waals surface area contributed by atoms with E-state index in [0.29, 0.717) is 5.56 Å². The van der Waals surface area contributed by atoms with Crippen molar-refractivity contribution in [1.29, 1.82) is 0 Å². The van der Waals surface area contributed by atoms with Crippen LogP contribution in [0.5, 0.6) is 0 Å². The molecule has 0 unspecified atom stereocenters. The molecule has 0 spiro atoms. The number of rotatable bonds is 5. The minimum Gasteiger partial charge on any atom is -0.389 e. The molecule has 0 bridgehead atoms. The summed E-state index contributed by atoms with van der Waals surface area (Å²) >= 11 is 4.79. The Labute approximate surface area is 130 Å². The van der Waals surface area contributed by atoms with Gasteiger partial charge in [-0.25, -0.2) is 13.1 Å². The summed E-state index contributed by atoms with van der Waals surface area (Å²) < 4.78 is 26.3. The first-order valence-corrected chi connectivity index (χ1v) is 8.11. The van der Waals surface area contributed by atoms with Crippen LogP contribution in [0.1, 0.15) is 26.3 Å². The Bertz CT molecular complexity index is 632. The van der Waals surface area contributed by atoms with Crippen LogP contribution in [-0.4, -0.2) is 31.4 Å². The minimum atomic E-state index is -3.75. The molecule has 116 valence electrons. The second-order valence-electron chi connectivity index (χ2n) is 5.51. The van der Waals surface area contributed by atoms with Crippen LogP contribution in [0.4, 0.5) is 0 Å². The lowest BCUT2D eigenvalue weighted by Gasteiger charge is -2.20. The summed E-state index contributed by atoms with van der Waals surface area (Å²) in [6.45, 7) is 5.12. The predicted molar refractivity (Wildman–Crippen MR) is 85.4 cm³/mol. The van der Waals surface area contributed by atoms with E-state index >= 15 is 0 Å². The minimum absolute atomic E-state index is 0.0473. The van der Waals surface area contributed by atoms with Crippen molar-refractivity contribution in [2.75, 3.05) is 6.54 Å². The number of thiocarbonyl (C=S) groups is 1. The number of amides is 1. The van der Waals surface area contributed by atoms with Gasteiger partial charge >= 0.3 is 0 Å². The molecule has 8 heteroatoms. The number of hydrogen-bond acceptors (Lipinski definition) is 4. The highest BCUT2D eigenvalue weighted by atomic mass is 32.2. The standard InChI is InChI=1S/C13H19N3O3S2/c1-13(2,3)16-11(17)8-15-21(18,19)10-6-4-9(5-7-10)12(14)20/h4-7,15H,8H2,1-3H3,(H2,14,20)(H,16,17). The Balaban J connectivity index is 2.74. The van der Waals surface area contributed by atoms with Gasteiger partial charge in [-0.15, -0.1) is 0 Å². The first-order chi connectivity index (χ1) is 9.51. The first kappa shape index (κ1) is 17.5. The van der Waals surface area contributed by atoms with Gasteiger partial charge in [0.1, 0.15) is 4.99 Å². The average molecular weight is 329 g/mol. The van der Waals surface area contributed by atoms with Gasteiger partial charge in [0, 0.05) is 11.1 Å². The molecule has 21 heavy (non-hydrogen) atoms. The van der Waals surface area contributed by atoms with Crippen molar-refractivity contribution in [1.82, 2.24) is 10.0 Å². The molecule has 0 aliphatic rings. The number of benzene rings is 1. The smallest absolute Gasteiger partial charge is 0.241 e. The fourth-order valence-electron chi connectivity index (χ4n) is 1.50. The molecule has 0 radical (unpaired) electrons. The second kappa shape index (κ2) is 6.50. The van der Waals surface area contributed by atoms with E-state index in [4.69, 9.17) is 18.0 Å². The summed E-state index contributed by atoms with van der Waals surface area (Å²) in [5.74, 6) is -0.397. The molecule has 1 rings (SSSR count). The summed E-state index contributed by atoms with van der Waals surface area (Å²) in [7, 11) is -3.75. The van der Waals surface area contributed by atoms with Gasteiger partial charge in [-0.2, -0.15) is 0 Å². The third kappa shape index (κ3) is 5.78. The van der Waals surface area contributed by atoms with E-state index in [9.17, 15) is 13.2 Å². The lowest BCUT2D eigenvalue weighted by molar-refractivity contribution is -0.121. The molecule has 0 aliphatic heterocycles. The molecule has 4 N–H and O–H groups in total. The molecular weight excluding hydrogens is 310 g/mol. The quantitative estimate of drug-likeness (QED) is 0.684. The molecule has 0 heterocycles. The van der Waals surface area contributed by atoms with E-state index in [2.05, 4.69) is 10.0 Å². The number of hydrogen-bond donors (Lipinski definition) is 3. The predicted octanol–water partition coefficient (Wildman–Crippen LogP) is 0.514. The van der Waals surface area contributed by atoms with Crippen molar-refractivity contribution in [2.45, 2.75) is 31.2 Å². The molecular formula is C13H19N3O3S2. The normalized spacial score (nSPS) is 12.0. The maximum Gasteiger partial charge on any atom is 0.241 e. The average Bonchev–Trinajstić information content (AvgIpc) is 2.34. The van der Waals surface area contributed by atoms with Crippen LogP contribution in [0.2, 0.25) is 0 Å². The van der Waals surface area contributed by atoms with Crippen molar-refractivity contribution in [3.63, 3.8) is 0 Å². The molecule has 0 saturated carbocycles. The van der Waals surface area contributed by atoms with Crippen LogP contribution < -0.4 is 15.8 Å². The summed E-state index contributed by atoms with van der Waals surface area (Å²) in [5.41, 5.74) is 5.61. The number of nitrogens with two attached hydrogens (primary N) is 1. The van der Waals surface area contributed by atoms with E-state index in [1.807, 2.05) is 20.8 Å². The maximum atomic E-state index is 12.0. The molecule has 0 fully saturated rings. The van der Waals surface area contributed by atoms with Crippen LogP contribution in [0.15, 0.2) is 29.2 Å². The Kier molecular flexibility index (Phi) is 5.43. The first-order valence-electron chi connectivity index (χ1n) is 6.22. The van der Waals surface area contributed by atoms with Gasteiger partial charge in [-0.1, -0.05) is 24.4 Å². The molecule has 1 amide bonds. The van der Waals surface area contributed by atoms with Crippen LogP contribution in [-0.2, 0) is 14.8 Å². The van der Waals surface area contributed by atoms with E-state index in [1.165, 1.54) is 24.3 Å². The van der Waals surface area contributed by atoms with Gasteiger partial charge in [0.25, 0.3) is 0 Å². The SMILES string of the molecule is CC(C)(C)NC(=O)CNS(=O)(=O)c1ccc(C(N)=S)cc1. The van der Waals surface area contributed by atoms with Crippen LogP contribution in [0.25, 0.3) is 0 Å². The summed E-state index contributed by atoms with van der Waals surface area (Å²) in [5, 5.41) is 2.67. The Morgan fingerprint density at radius 2 is 1.76 bits per heavy atom. The van der Waals surface area contributed by atoms with E-state index in [-0.39, 0.29) is 16.4 Å². The molecule has 1 aromatic rings. The van der Waals surface area contributed by atoms with E-state index in [0.717, 1.165) is 0 Å². The maximum absolute atomic E-state index is 12.0. The van der Waals surface area contributed by atoms with Gasteiger partial charge in [-0.05, 0) is 32.9 Å². The monoisotopic (exact) mass is 329 g/mol. The van der Waals surface area contributed by atoms with Crippen molar-refractivity contribution in [3.8, 4) is 0 Å². The van der Waals surface area contributed by atoms with E-state index < -0.39 is 21.5 Å². The number of carbonyl (C=O) groups excluding carboxylic acids is 1. The Morgan fingerprint density at radius 1 is 1.24 bits per heavy atom. The zero-order valence-electron chi connectivity index (χ0n) is 12.1. The van der Waals surface area contributed by atoms with Crippen LogP contribution >= 0.6 is 12.2 Å². The number of sulfonamides is 1. The zero-order valence-corrected chi connectivity index (χ0v) is 13.8. The van der Waals surface area contributed by atoms with Crippen LogP contribution in [0, 0.1) is 0 Å². The van der Waals surface area contributed by atoms with Gasteiger partial charge in [-0.3, -0.25) is 4.79 Å². The lowest BCUT2D eigenvalue weighted by atomic mass is 10.1. The van der Waals surface area contributed by atoms with Crippen molar-refractivity contribution in [2.24, 2.45) is 5.73 Å². The highest BCUT2D eigenvalue weighted by molar-refractivity contribution is 7.89. The molecule has 0 aliphatic carbocycles. The van der Waals surface area contributed by atoms with Crippen LogP contribution in [0.3, 0.4) is 0 Å². The van der Waals surface area contributed by atoms with Crippen molar-refractivity contribution in [3.05, 3.63) is 29.8 Å². The molecule has 0 aromatic heterocycles. The highest BCUT2D eigenvalue weighted by Crippen LogP contribution is 2.10. The fourth-order valence-corrected chi connectivity index (χ4v) is 2.62. The summed E-state index contributed by atoms with van der Waals surface area (Å²) in [4.78, 5) is 11.8. The van der Waals surface area contributed by atoms with Gasteiger partial charge in [0.05, 0.1) is 11.4 Å². The fraction of sp³-hybridized carbons (Fsp3) is 0.385. The molecule has 1 aromatic carbocycles. The molecule has 0 atom stereocenters. The van der Waals surface area contributed by atoms with Gasteiger partial charge in [0.15, 0.2) is 0 Å². The topological polar surface area (TPSA) is 101 Å². The number of carbonyl (C=O) groups is 1. The second-order valence-corrected chi connectivity index (χ2v) is 7.72. The zero-order chi connectivity index (χ0) is 16.3. The summed E-state index contributed by atoms with van der Waals surface area (Å²) in [6.07, 6.45) is 0. The number of nitrogens with one attached hydrogen (secondary N) is 2. The van der Waals surface area contributed by atoms with Gasteiger partial charge in [0.2, 0.25) is 15.9 Å². The van der Waals surface area contributed by atoms with Gasteiger partial charge < -0.3 is 11.1 Å². The molecule has 6 nitrogen and oxygen atoms in total. The lowest BCUT2D eigenvalue weighted by Crippen LogP contribution is -2.45. The van der Waals surface area contributed by atoms with E-state index in [1.54, 1.807) is 0 Å². The van der Waals surface area contributed by atoms with Crippen molar-refractivity contribution < 1.29 is 13.2 Å². The Morgan fingerprint density at radius 3 is 2.19 bits per heavy atom. The highest BCUT2D eigenvalue weighted by Gasteiger charge is 2.18. The summed E-state index contributed by atoms with van der Waals surface area (Å²) in [6, 6.07) is 5.81. The Hall–Kier alpha value is -1.51.